The fraction of sp³-hybridized carbons (Fsp3) is 0.789. The van der Waals surface area contributed by atoms with Crippen molar-refractivity contribution in [2.45, 2.75) is 57.0 Å². The average molecular weight is 346 g/mol. The molecule has 4 fully saturated rings. The lowest BCUT2D eigenvalue weighted by atomic mass is 9.94. The molecule has 2 atom stereocenters. The molecule has 0 unspecified atom stereocenters. The molecule has 2 bridgehead atoms. The molecule has 1 aromatic rings. The molecule has 6 heteroatoms. The van der Waals surface area contributed by atoms with Crippen molar-refractivity contribution in [3.8, 4) is 0 Å². The van der Waals surface area contributed by atoms with E-state index in [-0.39, 0.29) is 0 Å². The minimum absolute atomic E-state index is 0.354. The normalized spacial score (nSPS) is 28.2. The van der Waals surface area contributed by atoms with E-state index in [2.05, 4.69) is 20.0 Å². The Kier molecular flexibility index (Phi) is 5.36. The van der Waals surface area contributed by atoms with Gasteiger partial charge in [-0.05, 0) is 50.0 Å². The van der Waals surface area contributed by atoms with E-state index >= 15 is 0 Å². The molecule has 0 aliphatic carbocycles. The van der Waals surface area contributed by atoms with Gasteiger partial charge in [-0.25, -0.2) is 0 Å². The van der Waals surface area contributed by atoms with E-state index < -0.39 is 0 Å². The third-order valence-electron chi connectivity index (χ3n) is 6.18. The number of piperidine rings is 1. The first-order valence-corrected chi connectivity index (χ1v) is 9.88. The Balaban J connectivity index is 1.32. The average Bonchev–Trinajstić information content (AvgIpc) is 2.99. The Labute approximate surface area is 149 Å². The van der Waals surface area contributed by atoms with Crippen LogP contribution in [0, 0.1) is 5.92 Å². The monoisotopic (exact) mass is 346 g/mol. The predicted molar refractivity (Wildman–Crippen MR) is 95.2 cm³/mol. The second kappa shape index (κ2) is 7.87. The summed E-state index contributed by atoms with van der Waals surface area (Å²) in [6, 6.07) is 1.08. The van der Waals surface area contributed by atoms with E-state index in [0.29, 0.717) is 30.3 Å². The van der Waals surface area contributed by atoms with Crippen molar-refractivity contribution in [2.24, 2.45) is 5.92 Å². The van der Waals surface area contributed by atoms with Crippen LogP contribution in [0.15, 0.2) is 12.4 Å². The first-order valence-electron chi connectivity index (χ1n) is 9.88. The number of nitrogens with one attached hydrogen (secondary N) is 1. The topological polar surface area (TPSA) is 61.5 Å². The van der Waals surface area contributed by atoms with Crippen molar-refractivity contribution in [1.82, 2.24) is 20.0 Å². The van der Waals surface area contributed by atoms with Gasteiger partial charge < -0.3 is 9.64 Å². The summed E-state index contributed by atoms with van der Waals surface area (Å²) < 4.78 is 5.53. The summed E-state index contributed by atoms with van der Waals surface area (Å²) in [4.78, 5) is 17.7. The highest BCUT2D eigenvalue weighted by molar-refractivity contribution is 5.76. The van der Waals surface area contributed by atoms with Gasteiger partial charge in [0.25, 0.3) is 0 Å². The standard InChI is InChI=1S/C19H30N4O2/c24-19(3-1-2-15-10-20-21-11-15)23-13-16-4-5-18(23)14-22(12-16)17-6-8-25-9-7-17/h10-11,16-18H,1-9,12-14H2,(H,20,21)/t16-,18+/m0/s1. The summed E-state index contributed by atoms with van der Waals surface area (Å²) >= 11 is 0. The molecule has 0 radical (unpaired) electrons. The summed E-state index contributed by atoms with van der Waals surface area (Å²) in [6.07, 6.45) is 11.0. The van der Waals surface area contributed by atoms with Gasteiger partial charge in [-0.15, -0.1) is 0 Å². The van der Waals surface area contributed by atoms with Crippen LogP contribution in [0.4, 0.5) is 0 Å². The van der Waals surface area contributed by atoms with Crippen molar-refractivity contribution >= 4 is 5.91 Å². The molecule has 25 heavy (non-hydrogen) atoms. The molecule has 0 spiro atoms. The van der Waals surface area contributed by atoms with Crippen LogP contribution in [0.1, 0.15) is 44.1 Å². The van der Waals surface area contributed by atoms with Crippen LogP contribution < -0.4 is 0 Å². The Bertz CT molecular complexity index is 556. The fourth-order valence-corrected chi connectivity index (χ4v) is 4.77. The van der Waals surface area contributed by atoms with Crippen LogP contribution in [-0.4, -0.2) is 70.8 Å². The number of fused-ring (bicyclic) bond motifs is 4. The van der Waals surface area contributed by atoms with Crippen LogP contribution in [0.5, 0.6) is 0 Å². The molecule has 1 aromatic heterocycles. The molecule has 5 rings (SSSR count). The van der Waals surface area contributed by atoms with Gasteiger partial charge in [-0.3, -0.25) is 14.8 Å². The maximum absolute atomic E-state index is 12.8. The Hall–Kier alpha value is -1.40. The number of aromatic amines is 1. The lowest BCUT2D eigenvalue weighted by Crippen LogP contribution is -2.48. The largest absolute Gasteiger partial charge is 0.381 e. The van der Waals surface area contributed by atoms with Crippen LogP contribution >= 0.6 is 0 Å². The zero-order chi connectivity index (χ0) is 17.1. The smallest absolute Gasteiger partial charge is 0.222 e. The third kappa shape index (κ3) is 4.06. The number of amides is 1. The SMILES string of the molecule is O=C(CCCc1cn[nH]c1)N1C[C@H]2CC[C@@H]1CN(C1CCOCC1)C2. The molecule has 138 valence electrons. The lowest BCUT2D eigenvalue weighted by molar-refractivity contribution is -0.135. The number of aromatic nitrogens is 2. The van der Waals surface area contributed by atoms with Crippen LogP contribution in [-0.2, 0) is 16.0 Å². The molecular weight excluding hydrogens is 316 g/mol. The number of rotatable bonds is 5. The number of hydrogen-bond acceptors (Lipinski definition) is 4. The molecule has 0 aromatic carbocycles. The van der Waals surface area contributed by atoms with E-state index in [1.807, 2.05) is 12.4 Å². The van der Waals surface area contributed by atoms with Gasteiger partial charge in [-0.2, -0.15) is 5.10 Å². The van der Waals surface area contributed by atoms with Gasteiger partial charge in [0.1, 0.15) is 0 Å². The van der Waals surface area contributed by atoms with Crippen molar-refractivity contribution in [3.05, 3.63) is 18.0 Å². The van der Waals surface area contributed by atoms with Gasteiger partial charge >= 0.3 is 0 Å². The second-order valence-electron chi connectivity index (χ2n) is 7.90. The summed E-state index contributed by atoms with van der Waals surface area (Å²) in [5.74, 6) is 1.01. The van der Waals surface area contributed by atoms with Gasteiger partial charge in [-0.1, -0.05) is 0 Å². The van der Waals surface area contributed by atoms with Gasteiger partial charge in [0.15, 0.2) is 0 Å². The number of carbonyl (C=O) groups is 1. The summed E-state index contributed by atoms with van der Waals surface area (Å²) in [5, 5.41) is 6.81. The van der Waals surface area contributed by atoms with Gasteiger partial charge in [0, 0.05) is 57.5 Å². The number of H-pyrrole nitrogens is 1. The molecule has 0 saturated carbocycles. The fourth-order valence-electron chi connectivity index (χ4n) is 4.77. The highest BCUT2D eigenvalue weighted by Gasteiger charge is 2.38. The van der Waals surface area contributed by atoms with E-state index in [9.17, 15) is 4.79 Å². The van der Waals surface area contributed by atoms with Crippen molar-refractivity contribution in [3.63, 3.8) is 0 Å². The lowest BCUT2D eigenvalue weighted by Gasteiger charge is -2.37. The summed E-state index contributed by atoms with van der Waals surface area (Å²) in [6.45, 7) is 4.99. The first kappa shape index (κ1) is 17.0. The molecule has 1 N–H and O–H groups in total. The Morgan fingerprint density at radius 2 is 2.04 bits per heavy atom. The van der Waals surface area contributed by atoms with Gasteiger partial charge in [0.2, 0.25) is 5.91 Å². The van der Waals surface area contributed by atoms with Crippen molar-refractivity contribution in [2.75, 3.05) is 32.8 Å². The van der Waals surface area contributed by atoms with E-state index in [4.69, 9.17) is 4.74 Å². The first-order chi connectivity index (χ1) is 12.3. The second-order valence-corrected chi connectivity index (χ2v) is 7.90. The minimum Gasteiger partial charge on any atom is -0.381 e. The van der Waals surface area contributed by atoms with E-state index in [1.54, 1.807) is 0 Å². The highest BCUT2D eigenvalue weighted by Crippen LogP contribution is 2.31. The Morgan fingerprint density at radius 3 is 2.84 bits per heavy atom. The van der Waals surface area contributed by atoms with Crippen LogP contribution in [0.25, 0.3) is 0 Å². The number of nitrogens with zero attached hydrogens (tertiary/aromatic N) is 3. The van der Waals surface area contributed by atoms with E-state index in [1.165, 1.54) is 24.9 Å². The van der Waals surface area contributed by atoms with Crippen LogP contribution in [0.2, 0.25) is 0 Å². The molecule has 6 nitrogen and oxygen atoms in total. The predicted octanol–water partition coefficient (Wildman–Crippen LogP) is 1.83. The molecule has 1 amide bonds. The molecule has 5 heterocycles. The number of hydrogen-bond donors (Lipinski definition) is 1. The van der Waals surface area contributed by atoms with Crippen LogP contribution in [0.3, 0.4) is 0 Å². The molecule has 4 saturated heterocycles. The maximum atomic E-state index is 12.8. The number of aryl methyl sites for hydroxylation is 1. The zero-order valence-electron chi connectivity index (χ0n) is 15.0. The molecule has 4 aliphatic rings. The quantitative estimate of drug-likeness (QED) is 0.884. The number of carbonyl (C=O) groups excluding carboxylic acids is 1. The zero-order valence-corrected chi connectivity index (χ0v) is 15.0. The Morgan fingerprint density at radius 1 is 1.16 bits per heavy atom. The van der Waals surface area contributed by atoms with E-state index in [0.717, 1.165) is 52.0 Å². The molecular formula is C19H30N4O2. The van der Waals surface area contributed by atoms with Crippen molar-refractivity contribution in [1.29, 1.82) is 0 Å². The van der Waals surface area contributed by atoms with Crippen molar-refractivity contribution < 1.29 is 9.53 Å². The summed E-state index contributed by atoms with van der Waals surface area (Å²) in [7, 11) is 0. The molecule has 4 aliphatic heterocycles. The maximum Gasteiger partial charge on any atom is 0.222 e. The highest BCUT2D eigenvalue weighted by atomic mass is 16.5. The number of ether oxygens (including phenoxy) is 1. The third-order valence-corrected chi connectivity index (χ3v) is 6.18. The summed E-state index contributed by atoms with van der Waals surface area (Å²) in [5.41, 5.74) is 1.19. The van der Waals surface area contributed by atoms with Gasteiger partial charge in [0.05, 0.1) is 6.20 Å². The minimum atomic E-state index is 0.354.